The standard InChI is InChI=1S/C15H25F3N6/c1-3-19-14(21-9-13-4-6-22-23(13)2)20-8-12-5-7-24(10-12)11-15(16,17)18/h4,6,12H,3,5,7-11H2,1-2H3,(H2,19,20,21). The maximum Gasteiger partial charge on any atom is 0.401 e. The average molecular weight is 346 g/mol. The topological polar surface area (TPSA) is 57.5 Å². The Morgan fingerprint density at radius 3 is 2.83 bits per heavy atom. The first-order chi connectivity index (χ1) is 11.4. The van der Waals surface area contributed by atoms with Gasteiger partial charge in [-0.05, 0) is 31.9 Å². The van der Waals surface area contributed by atoms with Crippen molar-refractivity contribution in [3.05, 3.63) is 18.0 Å². The van der Waals surface area contributed by atoms with Gasteiger partial charge >= 0.3 is 6.18 Å². The van der Waals surface area contributed by atoms with E-state index in [0.717, 1.165) is 18.7 Å². The van der Waals surface area contributed by atoms with E-state index in [1.165, 1.54) is 4.90 Å². The van der Waals surface area contributed by atoms with Gasteiger partial charge in [0, 0.05) is 32.9 Å². The van der Waals surface area contributed by atoms with Crippen LogP contribution in [-0.2, 0) is 13.6 Å². The van der Waals surface area contributed by atoms with Gasteiger partial charge in [-0.25, -0.2) is 4.99 Å². The molecule has 2 rings (SSSR count). The quantitative estimate of drug-likeness (QED) is 0.603. The van der Waals surface area contributed by atoms with Gasteiger partial charge in [0.05, 0.1) is 18.8 Å². The Kier molecular flexibility index (Phi) is 6.47. The van der Waals surface area contributed by atoms with E-state index < -0.39 is 12.7 Å². The number of halogens is 3. The third kappa shape index (κ3) is 6.03. The molecular weight excluding hydrogens is 321 g/mol. The first kappa shape index (κ1) is 18.6. The monoisotopic (exact) mass is 346 g/mol. The Labute approximate surface area is 140 Å². The molecule has 1 saturated heterocycles. The third-order valence-electron chi connectivity index (χ3n) is 4.00. The Morgan fingerprint density at radius 2 is 2.21 bits per heavy atom. The lowest BCUT2D eigenvalue weighted by Crippen LogP contribution is -2.40. The number of aromatic nitrogens is 2. The van der Waals surface area contributed by atoms with Crippen molar-refractivity contribution >= 4 is 5.96 Å². The number of nitrogens with zero attached hydrogens (tertiary/aromatic N) is 4. The maximum atomic E-state index is 12.4. The predicted octanol–water partition coefficient (Wildman–Crippen LogP) is 1.36. The highest BCUT2D eigenvalue weighted by molar-refractivity contribution is 5.79. The van der Waals surface area contributed by atoms with Gasteiger partial charge in [-0.2, -0.15) is 18.3 Å². The van der Waals surface area contributed by atoms with Gasteiger partial charge in [-0.15, -0.1) is 0 Å². The lowest BCUT2D eigenvalue weighted by molar-refractivity contribution is -0.143. The third-order valence-corrected chi connectivity index (χ3v) is 4.00. The number of guanidine groups is 1. The Bertz CT molecular complexity index is 540. The molecule has 1 atom stereocenters. The van der Waals surface area contributed by atoms with Crippen LogP contribution in [0.5, 0.6) is 0 Å². The molecule has 9 heteroatoms. The molecule has 1 fully saturated rings. The van der Waals surface area contributed by atoms with E-state index in [1.54, 1.807) is 10.9 Å². The minimum absolute atomic E-state index is 0.202. The van der Waals surface area contributed by atoms with Crippen molar-refractivity contribution in [2.24, 2.45) is 18.0 Å². The number of aryl methyl sites for hydroxylation is 1. The molecule has 0 spiro atoms. The second kappa shape index (κ2) is 8.36. The summed E-state index contributed by atoms with van der Waals surface area (Å²) >= 11 is 0. The van der Waals surface area contributed by atoms with Gasteiger partial charge in [0.2, 0.25) is 0 Å². The van der Waals surface area contributed by atoms with Crippen LogP contribution in [0.15, 0.2) is 17.3 Å². The van der Waals surface area contributed by atoms with Crippen LogP contribution in [0, 0.1) is 5.92 Å². The fourth-order valence-electron chi connectivity index (χ4n) is 2.78. The van der Waals surface area contributed by atoms with Crippen molar-refractivity contribution in [2.45, 2.75) is 26.1 Å². The van der Waals surface area contributed by atoms with E-state index in [2.05, 4.69) is 20.7 Å². The van der Waals surface area contributed by atoms with Crippen LogP contribution in [0.25, 0.3) is 0 Å². The zero-order valence-corrected chi connectivity index (χ0v) is 14.1. The SMILES string of the molecule is CCNC(=NCc1ccnn1C)NCC1CCN(CC(F)(F)F)C1. The molecule has 1 aliphatic rings. The highest BCUT2D eigenvalue weighted by atomic mass is 19.4. The summed E-state index contributed by atoms with van der Waals surface area (Å²) in [6.45, 7) is 3.95. The van der Waals surface area contributed by atoms with Crippen LogP contribution in [0.4, 0.5) is 13.2 Å². The summed E-state index contributed by atoms with van der Waals surface area (Å²) in [7, 11) is 1.86. The first-order valence-electron chi connectivity index (χ1n) is 8.15. The molecule has 0 radical (unpaired) electrons. The fourth-order valence-corrected chi connectivity index (χ4v) is 2.78. The minimum Gasteiger partial charge on any atom is -0.357 e. The highest BCUT2D eigenvalue weighted by Crippen LogP contribution is 2.22. The van der Waals surface area contributed by atoms with Crippen LogP contribution in [0.2, 0.25) is 0 Å². The van der Waals surface area contributed by atoms with Crippen molar-refractivity contribution in [3.63, 3.8) is 0 Å². The molecule has 0 saturated carbocycles. The molecule has 1 unspecified atom stereocenters. The molecule has 6 nitrogen and oxygen atoms in total. The second-order valence-electron chi connectivity index (χ2n) is 6.03. The van der Waals surface area contributed by atoms with Gasteiger partial charge in [0.1, 0.15) is 0 Å². The number of hydrogen-bond donors (Lipinski definition) is 2. The fraction of sp³-hybridized carbons (Fsp3) is 0.733. The van der Waals surface area contributed by atoms with Gasteiger partial charge in [0.25, 0.3) is 0 Å². The van der Waals surface area contributed by atoms with Crippen molar-refractivity contribution < 1.29 is 13.2 Å². The summed E-state index contributed by atoms with van der Waals surface area (Å²) in [6, 6.07) is 1.90. The maximum absolute atomic E-state index is 12.4. The molecule has 1 aliphatic heterocycles. The van der Waals surface area contributed by atoms with Crippen LogP contribution < -0.4 is 10.6 Å². The van der Waals surface area contributed by atoms with Crippen LogP contribution in [-0.4, -0.2) is 59.5 Å². The molecule has 0 amide bonds. The number of likely N-dealkylation sites (tertiary alicyclic amines) is 1. The number of alkyl halides is 3. The van der Waals surface area contributed by atoms with E-state index in [0.29, 0.717) is 32.1 Å². The molecule has 24 heavy (non-hydrogen) atoms. The normalized spacial score (nSPS) is 19.7. The Morgan fingerprint density at radius 1 is 1.42 bits per heavy atom. The van der Waals surface area contributed by atoms with Crippen molar-refractivity contribution in [2.75, 3.05) is 32.7 Å². The molecule has 136 valence electrons. The molecular formula is C15H25F3N6. The lowest BCUT2D eigenvalue weighted by Gasteiger charge is -2.18. The lowest BCUT2D eigenvalue weighted by atomic mass is 10.1. The summed E-state index contributed by atoms with van der Waals surface area (Å²) < 4.78 is 39.0. The zero-order valence-electron chi connectivity index (χ0n) is 14.1. The van der Waals surface area contributed by atoms with Gasteiger partial charge in [-0.1, -0.05) is 0 Å². The number of hydrogen-bond acceptors (Lipinski definition) is 3. The smallest absolute Gasteiger partial charge is 0.357 e. The molecule has 0 aromatic carbocycles. The van der Waals surface area contributed by atoms with Gasteiger partial charge in [0.15, 0.2) is 5.96 Å². The molecule has 1 aromatic rings. The molecule has 0 bridgehead atoms. The van der Waals surface area contributed by atoms with Crippen LogP contribution >= 0.6 is 0 Å². The van der Waals surface area contributed by atoms with Crippen molar-refractivity contribution in [3.8, 4) is 0 Å². The number of aliphatic imine (C=N–C) groups is 1. The molecule has 0 aliphatic carbocycles. The van der Waals surface area contributed by atoms with E-state index >= 15 is 0 Å². The van der Waals surface area contributed by atoms with E-state index in [9.17, 15) is 13.2 Å². The van der Waals surface area contributed by atoms with E-state index in [1.807, 2.05) is 20.0 Å². The minimum atomic E-state index is -4.12. The second-order valence-corrected chi connectivity index (χ2v) is 6.03. The summed E-state index contributed by atoms with van der Waals surface area (Å²) in [5.74, 6) is 0.876. The summed E-state index contributed by atoms with van der Waals surface area (Å²) in [5, 5.41) is 10.5. The summed E-state index contributed by atoms with van der Waals surface area (Å²) in [5.41, 5.74) is 0.990. The summed E-state index contributed by atoms with van der Waals surface area (Å²) in [6.07, 6.45) is -1.63. The molecule has 2 N–H and O–H groups in total. The Hall–Kier alpha value is -1.77. The molecule has 2 heterocycles. The largest absolute Gasteiger partial charge is 0.401 e. The number of nitrogens with one attached hydrogen (secondary N) is 2. The van der Waals surface area contributed by atoms with Crippen molar-refractivity contribution in [1.29, 1.82) is 0 Å². The molecule has 1 aromatic heterocycles. The van der Waals surface area contributed by atoms with E-state index in [-0.39, 0.29) is 5.92 Å². The highest BCUT2D eigenvalue weighted by Gasteiger charge is 2.34. The first-order valence-corrected chi connectivity index (χ1v) is 8.15. The van der Waals surface area contributed by atoms with Crippen LogP contribution in [0.1, 0.15) is 19.0 Å². The average Bonchev–Trinajstić information content (AvgIpc) is 3.09. The predicted molar refractivity (Wildman–Crippen MR) is 86.6 cm³/mol. The zero-order chi connectivity index (χ0) is 17.6. The van der Waals surface area contributed by atoms with E-state index in [4.69, 9.17) is 0 Å². The Balaban J connectivity index is 1.80. The van der Waals surface area contributed by atoms with Gasteiger partial charge in [-0.3, -0.25) is 9.58 Å². The van der Waals surface area contributed by atoms with Crippen LogP contribution in [0.3, 0.4) is 0 Å². The summed E-state index contributed by atoms with van der Waals surface area (Å²) in [4.78, 5) is 5.96. The van der Waals surface area contributed by atoms with Crippen molar-refractivity contribution in [1.82, 2.24) is 25.3 Å². The number of rotatable bonds is 6. The van der Waals surface area contributed by atoms with Gasteiger partial charge < -0.3 is 10.6 Å².